The third-order valence-corrected chi connectivity index (χ3v) is 5.58. The number of benzene rings is 2. The lowest BCUT2D eigenvalue weighted by Gasteiger charge is -2.26. The molecule has 0 saturated carbocycles. The Morgan fingerprint density at radius 3 is 2.29 bits per heavy atom. The molecule has 0 bridgehead atoms. The fraction of sp³-hybridized carbons (Fsp3) is 0.235. The second-order valence-electron chi connectivity index (χ2n) is 5.47. The van der Waals surface area contributed by atoms with Crippen LogP contribution in [0.15, 0.2) is 53.4 Å². The molecule has 0 spiro atoms. The molecular formula is C17H18ClN3O2S. The summed E-state index contributed by atoms with van der Waals surface area (Å²) in [7, 11) is -0.0178. The van der Waals surface area contributed by atoms with Gasteiger partial charge in [0.15, 0.2) is 0 Å². The summed E-state index contributed by atoms with van der Waals surface area (Å²) in [5.74, 6) is 0. The number of hydrogen-bond acceptors (Lipinski definition) is 4. The van der Waals surface area contributed by atoms with E-state index in [4.69, 9.17) is 16.9 Å². The first-order chi connectivity index (χ1) is 11.4. The first kappa shape index (κ1) is 18.3. The zero-order valence-corrected chi connectivity index (χ0v) is 15.0. The Bertz CT molecular complexity index is 846. The summed E-state index contributed by atoms with van der Waals surface area (Å²) < 4.78 is 27.5. The van der Waals surface area contributed by atoms with E-state index in [-0.39, 0.29) is 15.5 Å². The quantitative estimate of drug-likeness (QED) is 0.791. The Balaban J connectivity index is 2.47. The number of para-hydroxylation sites is 1. The van der Waals surface area contributed by atoms with E-state index in [0.717, 1.165) is 0 Å². The maximum atomic E-state index is 13.1. The van der Waals surface area contributed by atoms with Crippen molar-refractivity contribution in [2.24, 2.45) is 0 Å². The average molecular weight is 364 g/mol. The Kier molecular flexibility index (Phi) is 5.84. The molecule has 0 saturated heterocycles. The lowest BCUT2D eigenvalue weighted by Crippen LogP contribution is -2.36. The Morgan fingerprint density at radius 2 is 1.75 bits per heavy atom. The van der Waals surface area contributed by atoms with Crippen LogP contribution in [0.25, 0.3) is 0 Å². The molecule has 0 radical (unpaired) electrons. The molecule has 0 aliphatic rings. The predicted molar refractivity (Wildman–Crippen MR) is 95.7 cm³/mol. The Labute approximate surface area is 147 Å². The summed E-state index contributed by atoms with van der Waals surface area (Å²) in [6.45, 7) is 0.870. The molecule has 0 heterocycles. The van der Waals surface area contributed by atoms with Crippen molar-refractivity contribution in [3.8, 4) is 6.07 Å². The van der Waals surface area contributed by atoms with E-state index < -0.39 is 10.0 Å². The number of anilines is 1. The molecule has 0 atom stereocenters. The van der Waals surface area contributed by atoms with E-state index >= 15 is 0 Å². The van der Waals surface area contributed by atoms with Crippen LogP contribution in [0.4, 0.5) is 5.69 Å². The zero-order chi connectivity index (χ0) is 17.7. The van der Waals surface area contributed by atoms with Gasteiger partial charge in [0.05, 0.1) is 21.2 Å². The van der Waals surface area contributed by atoms with Crippen LogP contribution in [-0.4, -0.2) is 40.5 Å². The largest absolute Gasteiger partial charge is 0.308 e. The number of hydrogen-bond donors (Lipinski definition) is 0. The van der Waals surface area contributed by atoms with Gasteiger partial charge < -0.3 is 4.90 Å². The first-order valence-corrected chi connectivity index (χ1v) is 9.10. The third-order valence-electron chi connectivity index (χ3n) is 3.44. The Morgan fingerprint density at radius 1 is 1.08 bits per heavy atom. The SMILES string of the molecule is CN(C)CCN(c1ccccc1)S(=O)(=O)c1ccc(C#N)c(Cl)c1. The van der Waals surface area contributed by atoms with E-state index in [2.05, 4.69) is 0 Å². The minimum absolute atomic E-state index is 0.0640. The molecule has 2 rings (SSSR count). The highest BCUT2D eigenvalue weighted by atomic mass is 35.5. The van der Waals surface area contributed by atoms with Gasteiger partial charge in [-0.15, -0.1) is 0 Å². The van der Waals surface area contributed by atoms with Gasteiger partial charge in [-0.2, -0.15) is 5.26 Å². The molecule has 0 fully saturated rings. The van der Waals surface area contributed by atoms with Gasteiger partial charge in [-0.05, 0) is 44.4 Å². The smallest absolute Gasteiger partial charge is 0.264 e. The van der Waals surface area contributed by atoms with Crippen molar-refractivity contribution in [1.29, 1.82) is 5.26 Å². The standard InChI is InChI=1S/C17H18ClN3O2S/c1-20(2)10-11-21(15-6-4-3-5-7-15)24(22,23)16-9-8-14(13-19)17(18)12-16/h3-9,12H,10-11H2,1-2H3. The molecular weight excluding hydrogens is 346 g/mol. The highest BCUT2D eigenvalue weighted by molar-refractivity contribution is 7.92. The summed E-state index contributed by atoms with van der Waals surface area (Å²) in [5.41, 5.74) is 0.829. The second kappa shape index (κ2) is 7.67. The maximum absolute atomic E-state index is 13.1. The summed E-state index contributed by atoms with van der Waals surface area (Å²) in [6.07, 6.45) is 0. The molecule has 126 valence electrons. The van der Waals surface area contributed by atoms with Crippen molar-refractivity contribution in [1.82, 2.24) is 4.90 Å². The first-order valence-electron chi connectivity index (χ1n) is 7.28. The van der Waals surface area contributed by atoms with Crippen molar-refractivity contribution in [2.45, 2.75) is 4.90 Å². The minimum Gasteiger partial charge on any atom is -0.308 e. The van der Waals surface area contributed by atoms with Gasteiger partial charge in [-0.3, -0.25) is 4.31 Å². The topological polar surface area (TPSA) is 64.4 Å². The van der Waals surface area contributed by atoms with Gasteiger partial charge in [0.25, 0.3) is 10.0 Å². The number of halogens is 1. The third kappa shape index (κ3) is 4.06. The van der Waals surface area contributed by atoms with Gasteiger partial charge in [-0.25, -0.2) is 8.42 Å². The van der Waals surface area contributed by atoms with Crippen LogP contribution in [0.5, 0.6) is 0 Å². The lowest BCUT2D eigenvalue weighted by atomic mass is 10.2. The van der Waals surface area contributed by atoms with E-state index in [0.29, 0.717) is 18.8 Å². The van der Waals surface area contributed by atoms with Crippen LogP contribution >= 0.6 is 11.6 Å². The van der Waals surface area contributed by atoms with Crippen LogP contribution in [0.2, 0.25) is 5.02 Å². The molecule has 2 aromatic rings. The van der Waals surface area contributed by atoms with Crippen LogP contribution in [0.1, 0.15) is 5.56 Å². The minimum atomic E-state index is -3.78. The molecule has 2 aromatic carbocycles. The van der Waals surface area contributed by atoms with Crippen LogP contribution in [0.3, 0.4) is 0 Å². The van der Waals surface area contributed by atoms with Crippen LogP contribution in [0, 0.1) is 11.3 Å². The van der Waals surface area contributed by atoms with Gasteiger partial charge in [-0.1, -0.05) is 29.8 Å². The predicted octanol–water partition coefficient (Wildman–Crippen LogP) is 2.97. The average Bonchev–Trinajstić information content (AvgIpc) is 2.55. The summed E-state index contributed by atoms with van der Waals surface area (Å²) >= 11 is 6.00. The zero-order valence-electron chi connectivity index (χ0n) is 13.5. The Hall–Kier alpha value is -2.07. The number of nitrogens with zero attached hydrogens (tertiary/aromatic N) is 3. The van der Waals surface area contributed by atoms with E-state index in [1.807, 2.05) is 31.1 Å². The normalized spacial score (nSPS) is 11.3. The summed E-state index contributed by atoms with van der Waals surface area (Å²) in [4.78, 5) is 1.98. The molecule has 0 amide bonds. The lowest BCUT2D eigenvalue weighted by molar-refractivity contribution is 0.419. The second-order valence-corrected chi connectivity index (χ2v) is 7.74. The van der Waals surface area contributed by atoms with E-state index in [9.17, 15) is 8.42 Å². The fourth-order valence-electron chi connectivity index (χ4n) is 2.15. The molecule has 5 nitrogen and oxygen atoms in total. The van der Waals surface area contributed by atoms with Gasteiger partial charge >= 0.3 is 0 Å². The summed E-state index contributed by atoms with van der Waals surface area (Å²) in [6, 6.07) is 15.0. The number of rotatable bonds is 6. The maximum Gasteiger partial charge on any atom is 0.264 e. The summed E-state index contributed by atoms with van der Waals surface area (Å²) in [5, 5.41) is 9.07. The number of likely N-dealkylation sites (N-methyl/N-ethyl adjacent to an activating group) is 1. The molecule has 0 aromatic heterocycles. The van der Waals surface area contributed by atoms with Crippen LogP contribution < -0.4 is 4.31 Å². The van der Waals surface area contributed by atoms with Gasteiger partial charge in [0.2, 0.25) is 0 Å². The molecule has 0 aliphatic heterocycles. The molecule has 0 aliphatic carbocycles. The molecule has 0 N–H and O–H groups in total. The molecule has 7 heteroatoms. The highest BCUT2D eigenvalue weighted by Crippen LogP contribution is 2.26. The van der Waals surface area contributed by atoms with Crippen molar-refractivity contribution >= 4 is 27.3 Å². The van der Waals surface area contributed by atoms with Crippen molar-refractivity contribution in [2.75, 3.05) is 31.5 Å². The van der Waals surface area contributed by atoms with Crippen molar-refractivity contribution in [3.63, 3.8) is 0 Å². The monoisotopic (exact) mass is 363 g/mol. The number of nitriles is 1. The number of sulfonamides is 1. The highest BCUT2D eigenvalue weighted by Gasteiger charge is 2.25. The van der Waals surface area contributed by atoms with Gasteiger partial charge in [0.1, 0.15) is 6.07 Å². The van der Waals surface area contributed by atoms with Crippen LogP contribution in [-0.2, 0) is 10.0 Å². The molecule has 0 unspecified atom stereocenters. The molecule has 24 heavy (non-hydrogen) atoms. The van der Waals surface area contributed by atoms with E-state index in [1.54, 1.807) is 24.3 Å². The van der Waals surface area contributed by atoms with Crippen molar-refractivity contribution in [3.05, 3.63) is 59.1 Å². The fourth-order valence-corrected chi connectivity index (χ4v) is 3.92. The van der Waals surface area contributed by atoms with Crippen molar-refractivity contribution < 1.29 is 8.42 Å². The van der Waals surface area contributed by atoms with E-state index in [1.165, 1.54) is 22.5 Å². The van der Waals surface area contributed by atoms with Gasteiger partial charge in [0, 0.05) is 13.1 Å².